The maximum atomic E-state index is 12.8. The second-order valence-corrected chi connectivity index (χ2v) is 7.65. The number of aryl methyl sites for hydroxylation is 1. The first-order chi connectivity index (χ1) is 14.8. The van der Waals surface area contributed by atoms with E-state index in [0.29, 0.717) is 18.7 Å². The number of aromatic nitrogens is 6. The Balaban J connectivity index is 1.36. The van der Waals surface area contributed by atoms with Gasteiger partial charge >= 0.3 is 0 Å². The summed E-state index contributed by atoms with van der Waals surface area (Å²) in [6.07, 6.45) is 9.47. The van der Waals surface area contributed by atoms with E-state index in [-0.39, 0.29) is 11.9 Å². The van der Waals surface area contributed by atoms with E-state index in [0.717, 1.165) is 31.7 Å². The zero-order chi connectivity index (χ0) is 20.6. The SMILES string of the molecule is O=C(NC(CCn1cncn1)c1ccccc1)c1cn(CCN2CCCCC2)nn1. The number of nitrogens with one attached hydrogen (secondary N) is 1. The molecule has 2 aromatic heterocycles. The normalized spacial score (nSPS) is 15.7. The summed E-state index contributed by atoms with van der Waals surface area (Å²) >= 11 is 0. The highest BCUT2D eigenvalue weighted by molar-refractivity contribution is 5.92. The molecular formula is C21H28N8O. The fourth-order valence-corrected chi connectivity index (χ4v) is 3.79. The van der Waals surface area contributed by atoms with Crippen molar-refractivity contribution in [3.8, 4) is 0 Å². The molecule has 0 aliphatic carbocycles. The van der Waals surface area contributed by atoms with Gasteiger partial charge in [0.05, 0.1) is 18.8 Å². The van der Waals surface area contributed by atoms with E-state index >= 15 is 0 Å². The van der Waals surface area contributed by atoms with Gasteiger partial charge in [-0.1, -0.05) is 42.0 Å². The van der Waals surface area contributed by atoms with Gasteiger partial charge in [-0.2, -0.15) is 5.10 Å². The second-order valence-electron chi connectivity index (χ2n) is 7.65. The van der Waals surface area contributed by atoms with Crippen molar-refractivity contribution in [2.45, 2.75) is 44.8 Å². The highest BCUT2D eigenvalue weighted by Crippen LogP contribution is 2.18. The van der Waals surface area contributed by atoms with Crippen molar-refractivity contribution in [3.05, 3.63) is 60.4 Å². The van der Waals surface area contributed by atoms with Gasteiger partial charge in [-0.15, -0.1) is 5.10 Å². The van der Waals surface area contributed by atoms with E-state index in [9.17, 15) is 4.79 Å². The minimum absolute atomic E-state index is 0.151. The number of nitrogens with zero attached hydrogens (tertiary/aromatic N) is 7. The lowest BCUT2D eigenvalue weighted by atomic mass is 10.0. The third kappa shape index (κ3) is 5.50. The van der Waals surface area contributed by atoms with Crippen molar-refractivity contribution in [1.82, 2.24) is 40.0 Å². The Morgan fingerprint density at radius 3 is 2.63 bits per heavy atom. The van der Waals surface area contributed by atoms with Crippen LogP contribution in [0.5, 0.6) is 0 Å². The van der Waals surface area contributed by atoms with Crippen LogP contribution in [0.2, 0.25) is 0 Å². The molecule has 1 aliphatic heterocycles. The number of rotatable bonds is 9. The molecule has 1 aliphatic rings. The summed E-state index contributed by atoms with van der Waals surface area (Å²) in [6.45, 7) is 4.63. The Hall–Kier alpha value is -3.07. The monoisotopic (exact) mass is 408 g/mol. The molecule has 1 fully saturated rings. The first-order valence-corrected chi connectivity index (χ1v) is 10.6. The van der Waals surface area contributed by atoms with E-state index in [4.69, 9.17) is 0 Å². The number of carbonyl (C=O) groups is 1. The van der Waals surface area contributed by atoms with Crippen LogP contribution in [0.4, 0.5) is 0 Å². The number of carbonyl (C=O) groups excluding carboxylic acids is 1. The Morgan fingerprint density at radius 2 is 1.87 bits per heavy atom. The zero-order valence-corrected chi connectivity index (χ0v) is 17.1. The average Bonchev–Trinajstić information content (AvgIpc) is 3.49. The Labute approximate surface area is 176 Å². The summed E-state index contributed by atoms with van der Waals surface area (Å²) in [6, 6.07) is 9.79. The van der Waals surface area contributed by atoms with Crippen LogP contribution < -0.4 is 5.32 Å². The van der Waals surface area contributed by atoms with Gasteiger partial charge in [0.1, 0.15) is 12.7 Å². The fourth-order valence-electron chi connectivity index (χ4n) is 3.79. The van der Waals surface area contributed by atoms with Crippen LogP contribution in [-0.2, 0) is 13.1 Å². The van der Waals surface area contributed by atoms with E-state index < -0.39 is 0 Å². The minimum Gasteiger partial charge on any atom is -0.344 e. The van der Waals surface area contributed by atoms with Crippen LogP contribution in [0.1, 0.15) is 47.8 Å². The first kappa shape index (κ1) is 20.2. The molecule has 30 heavy (non-hydrogen) atoms. The van der Waals surface area contributed by atoms with E-state index in [2.05, 4.69) is 30.6 Å². The molecule has 0 radical (unpaired) electrons. The number of piperidine rings is 1. The Morgan fingerprint density at radius 1 is 1.03 bits per heavy atom. The van der Waals surface area contributed by atoms with Gasteiger partial charge in [0.25, 0.3) is 5.91 Å². The largest absolute Gasteiger partial charge is 0.344 e. The number of hydrogen-bond acceptors (Lipinski definition) is 6. The molecule has 9 nitrogen and oxygen atoms in total. The number of hydrogen-bond donors (Lipinski definition) is 1. The van der Waals surface area contributed by atoms with Crippen LogP contribution in [0.15, 0.2) is 49.2 Å². The molecule has 9 heteroatoms. The average molecular weight is 409 g/mol. The molecule has 1 amide bonds. The molecule has 0 saturated carbocycles. The minimum atomic E-state index is -0.216. The Kier molecular flexibility index (Phi) is 6.81. The summed E-state index contributed by atoms with van der Waals surface area (Å²) in [7, 11) is 0. The molecule has 0 spiro atoms. The zero-order valence-electron chi connectivity index (χ0n) is 17.1. The highest BCUT2D eigenvalue weighted by Gasteiger charge is 2.19. The molecule has 1 saturated heterocycles. The standard InChI is InChI=1S/C21H28N8O/c30-21(20-15-28(26-25-20)14-13-27-10-5-2-6-11-27)24-19(18-7-3-1-4-8-18)9-12-29-17-22-16-23-29/h1,3-4,7-8,15-17,19H,2,5-6,9-14H2,(H,24,30). The van der Waals surface area contributed by atoms with Crippen molar-refractivity contribution in [2.75, 3.05) is 19.6 Å². The topological polar surface area (TPSA) is 93.8 Å². The lowest BCUT2D eigenvalue weighted by molar-refractivity contribution is 0.0928. The van der Waals surface area contributed by atoms with Crippen molar-refractivity contribution in [3.63, 3.8) is 0 Å². The maximum Gasteiger partial charge on any atom is 0.273 e. The fraction of sp³-hybridized carbons (Fsp3) is 0.476. The quantitative estimate of drug-likeness (QED) is 0.581. The van der Waals surface area contributed by atoms with E-state index in [1.54, 1.807) is 21.9 Å². The molecule has 1 aromatic carbocycles. The predicted molar refractivity (Wildman–Crippen MR) is 112 cm³/mol. The molecule has 4 rings (SSSR count). The van der Waals surface area contributed by atoms with Gasteiger partial charge < -0.3 is 10.2 Å². The lowest BCUT2D eigenvalue weighted by Crippen LogP contribution is -2.32. The van der Waals surface area contributed by atoms with Gasteiger partial charge in [0.2, 0.25) is 0 Å². The lowest BCUT2D eigenvalue weighted by Gasteiger charge is -2.25. The molecule has 1 N–H and O–H groups in total. The highest BCUT2D eigenvalue weighted by atomic mass is 16.2. The van der Waals surface area contributed by atoms with Crippen LogP contribution in [0.3, 0.4) is 0 Å². The van der Waals surface area contributed by atoms with Crippen molar-refractivity contribution < 1.29 is 4.79 Å². The second kappa shape index (κ2) is 10.1. The number of likely N-dealkylation sites (tertiary alicyclic amines) is 1. The van der Waals surface area contributed by atoms with Crippen molar-refractivity contribution >= 4 is 5.91 Å². The molecule has 0 bridgehead atoms. The number of amides is 1. The van der Waals surface area contributed by atoms with Gasteiger partial charge in [-0.05, 0) is 37.9 Å². The van der Waals surface area contributed by atoms with E-state index in [1.807, 2.05) is 30.3 Å². The maximum absolute atomic E-state index is 12.8. The molecule has 158 valence electrons. The smallest absolute Gasteiger partial charge is 0.273 e. The molecule has 1 atom stereocenters. The van der Waals surface area contributed by atoms with Gasteiger partial charge in [0.15, 0.2) is 5.69 Å². The summed E-state index contributed by atoms with van der Waals surface area (Å²) in [4.78, 5) is 19.3. The summed E-state index contributed by atoms with van der Waals surface area (Å²) in [5.41, 5.74) is 1.39. The first-order valence-electron chi connectivity index (χ1n) is 10.6. The van der Waals surface area contributed by atoms with Crippen LogP contribution in [-0.4, -0.2) is 60.2 Å². The summed E-state index contributed by atoms with van der Waals surface area (Å²) in [5, 5.41) is 15.5. The van der Waals surface area contributed by atoms with E-state index in [1.165, 1.54) is 25.6 Å². The molecule has 3 heterocycles. The number of benzene rings is 1. The predicted octanol–water partition coefficient (Wildman–Crippen LogP) is 1.92. The molecule has 1 unspecified atom stereocenters. The van der Waals surface area contributed by atoms with Crippen molar-refractivity contribution in [2.24, 2.45) is 0 Å². The molecule has 3 aromatic rings. The summed E-state index contributed by atoms with van der Waals surface area (Å²) < 4.78 is 3.52. The van der Waals surface area contributed by atoms with Gasteiger partial charge in [0, 0.05) is 13.1 Å². The van der Waals surface area contributed by atoms with Gasteiger partial charge in [-0.3, -0.25) is 14.2 Å². The van der Waals surface area contributed by atoms with Crippen LogP contribution >= 0.6 is 0 Å². The third-order valence-electron chi connectivity index (χ3n) is 5.49. The Bertz CT molecular complexity index is 902. The summed E-state index contributed by atoms with van der Waals surface area (Å²) in [5.74, 6) is -0.216. The van der Waals surface area contributed by atoms with Crippen molar-refractivity contribution in [1.29, 1.82) is 0 Å². The van der Waals surface area contributed by atoms with Crippen LogP contribution in [0.25, 0.3) is 0 Å². The van der Waals surface area contributed by atoms with Gasteiger partial charge in [-0.25, -0.2) is 4.98 Å². The van der Waals surface area contributed by atoms with Crippen LogP contribution in [0, 0.1) is 0 Å². The molecular weight excluding hydrogens is 380 g/mol. The third-order valence-corrected chi connectivity index (χ3v) is 5.49.